The van der Waals surface area contributed by atoms with Crippen LogP contribution < -0.4 is 5.56 Å². The van der Waals surface area contributed by atoms with Crippen molar-refractivity contribution in [3.05, 3.63) is 52.5 Å². The van der Waals surface area contributed by atoms with E-state index in [2.05, 4.69) is 15.1 Å². The number of fused-ring (bicyclic) bond motifs is 1. The summed E-state index contributed by atoms with van der Waals surface area (Å²) in [6.07, 6.45) is 1.31. The van der Waals surface area contributed by atoms with Crippen molar-refractivity contribution in [1.29, 1.82) is 0 Å². The van der Waals surface area contributed by atoms with E-state index in [0.717, 1.165) is 11.0 Å². The fourth-order valence-electron chi connectivity index (χ4n) is 1.99. The Morgan fingerprint density at radius 1 is 1.30 bits per heavy atom. The highest BCUT2D eigenvalue weighted by Gasteiger charge is 2.12. The van der Waals surface area contributed by atoms with Crippen molar-refractivity contribution < 1.29 is 4.52 Å². The third-order valence-electron chi connectivity index (χ3n) is 3.03. The van der Waals surface area contributed by atoms with Gasteiger partial charge >= 0.3 is 0 Å². The highest BCUT2D eigenvalue weighted by atomic mass is 16.5. The van der Waals surface area contributed by atoms with Gasteiger partial charge in [0.25, 0.3) is 5.56 Å². The second-order valence-corrected chi connectivity index (χ2v) is 4.87. The predicted octanol–water partition coefficient (Wildman–Crippen LogP) is 1.95. The summed E-state index contributed by atoms with van der Waals surface area (Å²) in [6, 6.07) is 7.47. The zero-order valence-corrected chi connectivity index (χ0v) is 11.3. The molecule has 102 valence electrons. The molecule has 6 nitrogen and oxygen atoms in total. The monoisotopic (exact) mass is 270 g/mol. The van der Waals surface area contributed by atoms with E-state index in [0.29, 0.717) is 11.7 Å². The Hall–Kier alpha value is -2.50. The first-order valence-electron chi connectivity index (χ1n) is 6.42. The molecule has 0 fully saturated rings. The largest absolute Gasteiger partial charge is 0.339 e. The molecule has 0 amide bonds. The van der Waals surface area contributed by atoms with Gasteiger partial charge < -0.3 is 4.52 Å². The van der Waals surface area contributed by atoms with E-state index in [9.17, 15) is 4.79 Å². The van der Waals surface area contributed by atoms with Crippen molar-refractivity contribution in [2.45, 2.75) is 26.3 Å². The smallest absolute Gasteiger partial charge is 0.269 e. The summed E-state index contributed by atoms with van der Waals surface area (Å²) in [7, 11) is 0. The standard InChI is InChI=1S/C14H14N4O2/c1-9(2)14-16-12(17-20-14)8-18-11-6-4-3-5-10(11)15-7-13(18)19/h3-7,9H,8H2,1-2H3. The highest BCUT2D eigenvalue weighted by Crippen LogP contribution is 2.13. The molecule has 0 bridgehead atoms. The van der Waals surface area contributed by atoms with Crippen LogP contribution in [0.25, 0.3) is 11.0 Å². The zero-order chi connectivity index (χ0) is 14.1. The van der Waals surface area contributed by atoms with E-state index >= 15 is 0 Å². The van der Waals surface area contributed by atoms with Crippen molar-refractivity contribution in [3.8, 4) is 0 Å². The van der Waals surface area contributed by atoms with Gasteiger partial charge in [-0.2, -0.15) is 4.98 Å². The van der Waals surface area contributed by atoms with Crippen molar-refractivity contribution >= 4 is 11.0 Å². The number of para-hydroxylation sites is 2. The Balaban J connectivity index is 2.05. The second kappa shape index (κ2) is 4.88. The van der Waals surface area contributed by atoms with Crippen LogP contribution in [0.2, 0.25) is 0 Å². The van der Waals surface area contributed by atoms with Crippen LogP contribution in [0.5, 0.6) is 0 Å². The minimum absolute atomic E-state index is 0.169. The topological polar surface area (TPSA) is 73.8 Å². The van der Waals surface area contributed by atoms with Gasteiger partial charge in [0.15, 0.2) is 5.82 Å². The lowest BCUT2D eigenvalue weighted by Gasteiger charge is -2.06. The van der Waals surface area contributed by atoms with Crippen LogP contribution in [0.15, 0.2) is 39.8 Å². The van der Waals surface area contributed by atoms with Crippen LogP contribution in [0.3, 0.4) is 0 Å². The molecule has 0 N–H and O–H groups in total. The van der Waals surface area contributed by atoms with Crippen molar-refractivity contribution in [2.75, 3.05) is 0 Å². The maximum atomic E-state index is 12.0. The molecular weight excluding hydrogens is 256 g/mol. The number of benzene rings is 1. The van der Waals surface area contributed by atoms with Gasteiger partial charge in [-0.25, -0.2) is 4.98 Å². The SMILES string of the molecule is CC(C)c1nc(Cn2c(=O)cnc3ccccc32)no1. The molecule has 3 rings (SSSR count). The number of hydrogen-bond donors (Lipinski definition) is 0. The second-order valence-electron chi connectivity index (χ2n) is 4.87. The number of rotatable bonds is 3. The van der Waals surface area contributed by atoms with Gasteiger partial charge in [0.1, 0.15) is 0 Å². The molecular formula is C14H14N4O2. The molecule has 0 radical (unpaired) electrons. The van der Waals surface area contributed by atoms with Crippen molar-refractivity contribution in [1.82, 2.24) is 19.7 Å². The van der Waals surface area contributed by atoms with Gasteiger partial charge in [-0.15, -0.1) is 0 Å². The van der Waals surface area contributed by atoms with Crippen molar-refractivity contribution in [3.63, 3.8) is 0 Å². The number of hydrogen-bond acceptors (Lipinski definition) is 5. The Labute approximate surface area is 115 Å². The Morgan fingerprint density at radius 2 is 2.10 bits per heavy atom. The van der Waals surface area contributed by atoms with Crippen LogP contribution in [0.4, 0.5) is 0 Å². The maximum absolute atomic E-state index is 12.0. The first-order valence-corrected chi connectivity index (χ1v) is 6.42. The molecule has 6 heteroatoms. The van der Waals surface area contributed by atoms with Crippen LogP contribution in [0, 0.1) is 0 Å². The van der Waals surface area contributed by atoms with Gasteiger partial charge in [0.2, 0.25) is 5.89 Å². The summed E-state index contributed by atoms with van der Waals surface area (Å²) in [5, 5.41) is 3.91. The summed E-state index contributed by atoms with van der Waals surface area (Å²) in [5.74, 6) is 1.24. The normalized spacial score (nSPS) is 11.3. The first kappa shape index (κ1) is 12.5. The lowest BCUT2D eigenvalue weighted by Crippen LogP contribution is -2.21. The molecule has 0 spiro atoms. The first-order chi connectivity index (χ1) is 9.65. The van der Waals surface area contributed by atoms with Crippen molar-refractivity contribution in [2.24, 2.45) is 0 Å². The average Bonchev–Trinajstić information content (AvgIpc) is 2.91. The third-order valence-corrected chi connectivity index (χ3v) is 3.03. The zero-order valence-electron chi connectivity index (χ0n) is 11.3. The van der Waals surface area contributed by atoms with E-state index < -0.39 is 0 Å². The van der Waals surface area contributed by atoms with Crippen LogP contribution in [0.1, 0.15) is 31.5 Å². The summed E-state index contributed by atoms with van der Waals surface area (Å²) in [6.45, 7) is 4.23. The Morgan fingerprint density at radius 3 is 2.85 bits per heavy atom. The number of aromatic nitrogens is 4. The minimum Gasteiger partial charge on any atom is -0.339 e. The van der Waals surface area contributed by atoms with E-state index in [-0.39, 0.29) is 18.0 Å². The fourth-order valence-corrected chi connectivity index (χ4v) is 1.99. The van der Waals surface area contributed by atoms with Crippen LogP contribution in [-0.4, -0.2) is 19.7 Å². The summed E-state index contributed by atoms with van der Waals surface area (Å²) >= 11 is 0. The highest BCUT2D eigenvalue weighted by molar-refractivity contribution is 5.74. The van der Waals surface area contributed by atoms with Crippen LogP contribution in [-0.2, 0) is 6.54 Å². The molecule has 1 aromatic carbocycles. The minimum atomic E-state index is -0.181. The van der Waals surface area contributed by atoms with Gasteiger partial charge in [0, 0.05) is 5.92 Å². The van der Waals surface area contributed by atoms with Gasteiger partial charge in [-0.1, -0.05) is 31.1 Å². The Kier molecular flexibility index (Phi) is 3.06. The van der Waals surface area contributed by atoms with E-state index in [1.807, 2.05) is 38.1 Å². The molecule has 0 atom stereocenters. The maximum Gasteiger partial charge on any atom is 0.269 e. The quantitative estimate of drug-likeness (QED) is 0.727. The molecule has 0 aliphatic rings. The predicted molar refractivity (Wildman–Crippen MR) is 73.5 cm³/mol. The molecule has 3 aromatic rings. The molecule has 0 unspecified atom stereocenters. The van der Waals surface area contributed by atoms with E-state index in [1.54, 1.807) is 4.57 Å². The molecule has 2 heterocycles. The molecule has 0 saturated carbocycles. The molecule has 20 heavy (non-hydrogen) atoms. The lowest BCUT2D eigenvalue weighted by atomic mass is 10.2. The lowest BCUT2D eigenvalue weighted by molar-refractivity contribution is 0.360. The Bertz CT molecular complexity index is 804. The average molecular weight is 270 g/mol. The molecule has 0 aliphatic heterocycles. The number of nitrogens with zero attached hydrogens (tertiary/aromatic N) is 4. The molecule has 2 aromatic heterocycles. The molecule has 0 aliphatic carbocycles. The fraction of sp³-hybridized carbons (Fsp3) is 0.286. The summed E-state index contributed by atoms with van der Waals surface area (Å²) in [5.41, 5.74) is 1.34. The summed E-state index contributed by atoms with van der Waals surface area (Å²) < 4.78 is 6.75. The van der Waals surface area contributed by atoms with E-state index in [1.165, 1.54) is 6.20 Å². The van der Waals surface area contributed by atoms with E-state index in [4.69, 9.17) is 4.52 Å². The van der Waals surface area contributed by atoms with Crippen LogP contribution >= 0.6 is 0 Å². The third kappa shape index (κ3) is 2.20. The van der Waals surface area contributed by atoms with Gasteiger partial charge in [-0.05, 0) is 12.1 Å². The molecule has 0 saturated heterocycles. The van der Waals surface area contributed by atoms with Gasteiger partial charge in [-0.3, -0.25) is 9.36 Å². The summed E-state index contributed by atoms with van der Waals surface area (Å²) in [4.78, 5) is 20.4. The van der Waals surface area contributed by atoms with Gasteiger partial charge in [0.05, 0.1) is 23.8 Å².